The van der Waals surface area contributed by atoms with Gasteiger partial charge in [0, 0.05) is 32.9 Å². The van der Waals surface area contributed by atoms with Gasteiger partial charge in [0.2, 0.25) is 0 Å². The van der Waals surface area contributed by atoms with Crippen molar-refractivity contribution in [1.82, 2.24) is 20.5 Å². The van der Waals surface area contributed by atoms with Gasteiger partial charge in [0.1, 0.15) is 39.6 Å². The van der Waals surface area contributed by atoms with Crippen LogP contribution in [0.5, 0.6) is 0 Å². The van der Waals surface area contributed by atoms with Gasteiger partial charge in [-0.15, -0.1) is 0 Å². The van der Waals surface area contributed by atoms with Crippen LogP contribution in [0.2, 0.25) is 0 Å². The van der Waals surface area contributed by atoms with Crippen molar-refractivity contribution in [3.8, 4) is 10.6 Å². The highest BCUT2D eigenvalue weighted by Crippen LogP contribution is 2.33. The number of piperazine rings is 1. The van der Waals surface area contributed by atoms with Crippen molar-refractivity contribution in [2.45, 2.75) is 18.3 Å². The van der Waals surface area contributed by atoms with E-state index in [4.69, 9.17) is 11.1 Å². The maximum absolute atomic E-state index is 14.1. The molecule has 0 bridgehead atoms. The number of anilines is 1. The maximum atomic E-state index is 14.1. The summed E-state index contributed by atoms with van der Waals surface area (Å²) in [7, 11) is 1.33. The second-order valence-corrected chi connectivity index (χ2v) is 8.05. The molecule has 2 heterocycles. The minimum absolute atomic E-state index is 0.0263. The zero-order chi connectivity index (χ0) is 24.3. The van der Waals surface area contributed by atoms with Gasteiger partial charge in [-0.25, -0.2) is 13.8 Å². The normalized spacial score (nSPS) is 18.2. The van der Waals surface area contributed by atoms with Crippen LogP contribution in [0.1, 0.15) is 10.5 Å². The molecule has 3 rings (SSSR count). The average molecular weight is 489 g/mol. The third-order valence-electron chi connectivity index (χ3n) is 4.90. The molecule has 0 aliphatic carbocycles. The Bertz CT molecular complexity index is 1050. The standard InChI is InChI=1S/C19H20F5N7OS/c1-27-16(31-6-5-28-12(8-31)19(22,23)24)11(7-25)29-17(32)14-15(26)33-18(30-14)13-9(20)3-2-4-10(13)21/h2-4,7,11-12,25,28H,5-6,8,26H2,1H3,(H,29,32). The Morgan fingerprint density at radius 3 is 2.67 bits per heavy atom. The number of halogens is 5. The lowest BCUT2D eigenvalue weighted by atomic mass is 10.1. The van der Waals surface area contributed by atoms with Crippen molar-refractivity contribution in [1.29, 1.82) is 5.41 Å². The molecule has 0 radical (unpaired) electrons. The van der Waals surface area contributed by atoms with Gasteiger partial charge in [-0.1, -0.05) is 17.4 Å². The number of hydrogen-bond donors (Lipinski definition) is 4. The van der Waals surface area contributed by atoms with Crippen LogP contribution < -0.4 is 16.4 Å². The Balaban J connectivity index is 1.81. The fourth-order valence-electron chi connectivity index (χ4n) is 3.35. The van der Waals surface area contributed by atoms with Crippen molar-refractivity contribution in [2.75, 3.05) is 32.4 Å². The number of hydrogen-bond acceptors (Lipinski definition) is 7. The van der Waals surface area contributed by atoms with Gasteiger partial charge in [-0.2, -0.15) is 13.2 Å². The zero-order valence-electron chi connectivity index (χ0n) is 17.2. The van der Waals surface area contributed by atoms with Crippen molar-refractivity contribution >= 4 is 34.3 Å². The maximum Gasteiger partial charge on any atom is 0.405 e. The lowest BCUT2D eigenvalue weighted by Crippen LogP contribution is -2.61. The number of aromatic nitrogens is 1. The SMILES string of the molecule is CN=C(C(C=N)NC(=O)c1nc(-c2c(F)cccc2F)sc1N)N1CCNC(C(F)(F)F)C1. The minimum atomic E-state index is -4.48. The first-order valence-corrected chi connectivity index (χ1v) is 10.4. The summed E-state index contributed by atoms with van der Waals surface area (Å²) in [6.07, 6.45) is -3.67. The van der Waals surface area contributed by atoms with Crippen LogP contribution in [0.4, 0.5) is 27.0 Å². The van der Waals surface area contributed by atoms with E-state index in [0.29, 0.717) is 11.3 Å². The van der Waals surface area contributed by atoms with Gasteiger partial charge >= 0.3 is 6.18 Å². The number of carbonyl (C=O) groups is 1. The van der Waals surface area contributed by atoms with Crippen molar-refractivity contribution in [2.24, 2.45) is 4.99 Å². The van der Waals surface area contributed by atoms with Gasteiger partial charge in [0.05, 0.1) is 5.56 Å². The number of aliphatic imine (C=N–C) groups is 1. The molecule has 14 heteroatoms. The van der Waals surface area contributed by atoms with Gasteiger partial charge < -0.3 is 26.7 Å². The summed E-state index contributed by atoms with van der Waals surface area (Å²) in [6, 6.07) is 0.277. The molecule has 2 aromatic rings. The van der Waals surface area contributed by atoms with Crippen LogP contribution in [0.3, 0.4) is 0 Å². The predicted molar refractivity (Wildman–Crippen MR) is 115 cm³/mol. The third-order valence-corrected chi connectivity index (χ3v) is 5.80. The Hall–Kier alpha value is -3.13. The molecule has 1 aromatic heterocycles. The lowest BCUT2D eigenvalue weighted by molar-refractivity contribution is -0.161. The highest BCUT2D eigenvalue weighted by molar-refractivity contribution is 7.19. The molecular weight excluding hydrogens is 469 g/mol. The van der Waals surface area contributed by atoms with E-state index >= 15 is 0 Å². The molecule has 5 N–H and O–H groups in total. The third kappa shape index (κ3) is 5.27. The number of carbonyl (C=O) groups excluding carboxylic acids is 1. The monoisotopic (exact) mass is 489 g/mol. The first kappa shape index (κ1) is 24.5. The van der Waals surface area contributed by atoms with E-state index in [1.165, 1.54) is 18.0 Å². The number of nitrogens with one attached hydrogen (secondary N) is 3. The molecule has 0 spiro atoms. The average Bonchev–Trinajstić information content (AvgIpc) is 3.14. The summed E-state index contributed by atoms with van der Waals surface area (Å²) in [5, 5.41) is 12.2. The molecule has 1 aliphatic rings. The fraction of sp³-hybridized carbons (Fsp3) is 0.368. The van der Waals surface area contributed by atoms with E-state index in [0.717, 1.165) is 18.3 Å². The fourth-order valence-corrected chi connectivity index (χ4v) is 4.23. The highest BCUT2D eigenvalue weighted by Gasteiger charge is 2.43. The Morgan fingerprint density at radius 1 is 1.42 bits per heavy atom. The summed E-state index contributed by atoms with van der Waals surface area (Å²) in [5.74, 6) is -2.59. The van der Waals surface area contributed by atoms with Gasteiger partial charge in [-0.05, 0) is 12.1 Å². The molecule has 1 fully saturated rings. The Morgan fingerprint density at radius 2 is 2.09 bits per heavy atom. The van der Waals surface area contributed by atoms with E-state index in [1.807, 2.05) is 0 Å². The summed E-state index contributed by atoms with van der Waals surface area (Å²) in [6.45, 7) is -0.251. The van der Waals surface area contributed by atoms with Gasteiger partial charge in [0.25, 0.3) is 5.91 Å². The second kappa shape index (κ2) is 9.79. The molecule has 0 saturated carbocycles. The van der Waals surface area contributed by atoms with Crippen LogP contribution >= 0.6 is 11.3 Å². The predicted octanol–water partition coefficient (Wildman–Crippen LogP) is 2.28. The topological polar surface area (TPSA) is 119 Å². The number of thiazole rings is 1. The number of rotatable bonds is 5. The summed E-state index contributed by atoms with van der Waals surface area (Å²) >= 11 is 0.699. The Kier molecular flexibility index (Phi) is 7.27. The van der Waals surface area contributed by atoms with Gasteiger partial charge in [-0.3, -0.25) is 9.79 Å². The number of benzene rings is 1. The van der Waals surface area contributed by atoms with Gasteiger partial charge in [0.15, 0.2) is 5.69 Å². The first-order chi connectivity index (χ1) is 15.6. The molecule has 2 unspecified atom stereocenters. The van der Waals surface area contributed by atoms with E-state index in [9.17, 15) is 26.7 Å². The van der Waals surface area contributed by atoms with Crippen LogP contribution in [0.25, 0.3) is 10.6 Å². The quantitative estimate of drug-likeness (QED) is 0.292. The number of alkyl halides is 3. The van der Waals surface area contributed by atoms with E-state index < -0.39 is 47.9 Å². The highest BCUT2D eigenvalue weighted by atomic mass is 32.1. The number of nitrogen functional groups attached to an aromatic ring is 1. The molecule has 1 aliphatic heterocycles. The number of amides is 1. The van der Waals surface area contributed by atoms with Crippen LogP contribution in [-0.4, -0.2) is 72.8 Å². The molecule has 178 valence electrons. The Labute approximate surface area is 189 Å². The van der Waals surface area contributed by atoms with E-state index in [2.05, 4.69) is 20.6 Å². The van der Waals surface area contributed by atoms with E-state index in [-0.39, 0.29) is 34.6 Å². The molecule has 1 amide bonds. The number of nitrogens with zero attached hydrogens (tertiary/aromatic N) is 3. The molecular formula is C19H20F5N7OS. The van der Waals surface area contributed by atoms with Crippen LogP contribution in [-0.2, 0) is 0 Å². The molecule has 1 saturated heterocycles. The van der Waals surface area contributed by atoms with Crippen molar-refractivity contribution < 1.29 is 26.7 Å². The van der Waals surface area contributed by atoms with Crippen LogP contribution in [0.15, 0.2) is 23.2 Å². The minimum Gasteiger partial charge on any atom is -0.389 e. The smallest absolute Gasteiger partial charge is 0.389 e. The second-order valence-electron chi connectivity index (χ2n) is 7.02. The van der Waals surface area contributed by atoms with Crippen molar-refractivity contribution in [3.63, 3.8) is 0 Å². The largest absolute Gasteiger partial charge is 0.405 e. The van der Waals surface area contributed by atoms with Crippen LogP contribution in [0, 0.1) is 17.0 Å². The number of amidine groups is 1. The molecule has 33 heavy (non-hydrogen) atoms. The summed E-state index contributed by atoms with van der Waals surface area (Å²) in [5.41, 5.74) is 5.07. The zero-order valence-corrected chi connectivity index (χ0v) is 18.0. The van der Waals surface area contributed by atoms with Crippen molar-refractivity contribution in [3.05, 3.63) is 35.5 Å². The lowest BCUT2D eigenvalue weighted by Gasteiger charge is -2.38. The molecule has 2 atom stereocenters. The summed E-state index contributed by atoms with van der Waals surface area (Å²) < 4.78 is 67.5. The summed E-state index contributed by atoms with van der Waals surface area (Å²) in [4.78, 5) is 22.0. The van der Waals surface area contributed by atoms with E-state index in [1.54, 1.807) is 0 Å². The molecule has 1 aromatic carbocycles. The number of nitrogens with two attached hydrogens (primary N) is 1. The molecule has 8 nitrogen and oxygen atoms in total. The first-order valence-electron chi connectivity index (χ1n) is 9.60.